The van der Waals surface area contributed by atoms with Crippen molar-refractivity contribution in [1.29, 1.82) is 5.26 Å². The van der Waals surface area contributed by atoms with Gasteiger partial charge >= 0.3 is 0 Å². The maximum atomic E-state index is 13.9. The third-order valence-corrected chi connectivity index (χ3v) is 6.32. The molecule has 0 saturated heterocycles. The van der Waals surface area contributed by atoms with Crippen molar-refractivity contribution in [2.75, 3.05) is 5.32 Å². The van der Waals surface area contributed by atoms with E-state index in [0.717, 1.165) is 0 Å². The van der Waals surface area contributed by atoms with E-state index in [0.29, 0.717) is 16.9 Å². The third-order valence-electron chi connectivity index (χ3n) is 4.04. The van der Waals surface area contributed by atoms with Crippen LogP contribution in [0.3, 0.4) is 0 Å². The van der Waals surface area contributed by atoms with Gasteiger partial charge in [-0.1, -0.05) is 18.2 Å². The number of benzene rings is 2. The van der Waals surface area contributed by atoms with E-state index in [9.17, 15) is 18.1 Å². The zero-order valence-electron chi connectivity index (χ0n) is 14.4. The van der Waals surface area contributed by atoms with Crippen LogP contribution in [0, 0.1) is 17.1 Å². The molecule has 0 aliphatic carbocycles. The average Bonchev–Trinajstić information content (AvgIpc) is 3.14. The number of thiazole rings is 1. The molecule has 0 fully saturated rings. The molecule has 3 aromatic rings. The monoisotopic (exact) mass is 401 g/mol. The number of hydrogen-bond donors (Lipinski definition) is 1. The van der Waals surface area contributed by atoms with Gasteiger partial charge in [0.2, 0.25) is 0 Å². The molecule has 0 spiro atoms. The van der Waals surface area contributed by atoms with Gasteiger partial charge in [0.25, 0.3) is 0 Å². The van der Waals surface area contributed by atoms with E-state index in [1.807, 2.05) is 6.07 Å². The number of nitriles is 1. The van der Waals surface area contributed by atoms with Crippen molar-refractivity contribution in [3.05, 3.63) is 76.0 Å². The Morgan fingerprint density at radius 3 is 2.74 bits per heavy atom. The van der Waals surface area contributed by atoms with E-state index in [-0.39, 0.29) is 22.0 Å². The predicted octanol–water partition coefficient (Wildman–Crippen LogP) is 4.30. The van der Waals surface area contributed by atoms with Gasteiger partial charge in [-0.3, -0.25) is 0 Å². The van der Waals surface area contributed by atoms with Crippen molar-refractivity contribution in [3.63, 3.8) is 0 Å². The lowest BCUT2D eigenvalue weighted by atomic mass is 10.1. The van der Waals surface area contributed by atoms with E-state index in [4.69, 9.17) is 0 Å². The second-order valence-corrected chi connectivity index (χ2v) is 8.65. The van der Waals surface area contributed by atoms with Crippen LogP contribution in [0.4, 0.5) is 10.1 Å². The molecule has 0 bridgehead atoms. The lowest BCUT2D eigenvalue weighted by molar-refractivity contribution is 0.595. The number of anilines is 1. The van der Waals surface area contributed by atoms with Gasteiger partial charge < -0.3 is 5.32 Å². The number of nitrogens with zero attached hydrogens (tertiary/aromatic N) is 2. The molecule has 0 unspecified atom stereocenters. The van der Waals surface area contributed by atoms with E-state index < -0.39 is 15.9 Å². The fourth-order valence-corrected chi connectivity index (χ4v) is 4.61. The van der Waals surface area contributed by atoms with Crippen LogP contribution in [0.2, 0.25) is 0 Å². The average molecular weight is 401 g/mol. The first kappa shape index (κ1) is 19.0. The Labute approximate surface area is 161 Å². The highest BCUT2D eigenvalue weighted by molar-refractivity contribution is 7.90. The van der Waals surface area contributed by atoms with Crippen LogP contribution in [0.1, 0.15) is 29.8 Å². The van der Waals surface area contributed by atoms with Crippen molar-refractivity contribution >= 4 is 26.9 Å². The van der Waals surface area contributed by atoms with Crippen molar-refractivity contribution in [2.45, 2.75) is 23.6 Å². The van der Waals surface area contributed by atoms with Gasteiger partial charge in [-0.25, -0.2) is 17.8 Å². The molecule has 1 atom stereocenters. The van der Waals surface area contributed by atoms with Crippen LogP contribution in [0.5, 0.6) is 0 Å². The molecule has 1 aromatic heterocycles. The molecule has 8 heteroatoms. The van der Waals surface area contributed by atoms with Crippen LogP contribution < -0.4 is 5.32 Å². The van der Waals surface area contributed by atoms with Crippen molar-refractivity contribution in [1.82, 2.24) is 4.98 Å². The van der Waals surface area contributed by atoms with E-state index in [1.165, 1.54) is 35.6 Å². The van der Waals surface area contributed by atoms with Gasteiger partial charge in [0, 0.05) is 10.9 Å². The van der Waals surface area contributed by atoms with Gasteiger partial charge in [-0.15, -0.1) is 11.3 Å². The zero-order chi connectivity index (χ0) is 19.4. The molecule has 0 saturated carbocycles. The maximum absolute atomic E-state index is 13.9. The highest BCUT2D eigenvalue weighted by atomic mass is 32.2. The zero-order valence-corrected chi connectivity index (χ0v) is 16.0. The normalized spacial score (nSPS) is 12.3. The number of sulfone groups is 1. The van der Waals surface area contributed by atoms with E-state index >= 15 is 0 Å². The summed E-state index contributed by atoms with van der Waals surface area (Å²) in [5, 5.41) is 14.2. The minimum absolute atomic E-state index is 0.0520. The first-order valence-corrected chi connectivity index (χ1v) is 10.6. The molecule has 138 valence electrons. The third kappa shape index (κ3) is 4.32. The minimum Gasteiger partial charge on any atom is -0.377 e. The lowest BCUT2D eigenvalue weighted by Crippen LogP contribution is -2.11. The molecule has 2 aromatic carbocycles. The second-order valence-electron chi connectivity index (χ2n) is 5.95. The highest BCUT2D eigenvalue weighted by Gasteiger charge is 2.19. The Kier molecular flexibility index (Phi) is 5.54. The first-order chi connectivity index (χ1) is 12.9. The lowest BCUT2D eigenvalue weighted by Gasteiger charge is -2.17. The predicted molar refractivity (Wildman–Crippen MR) is 103 cm³/mol. The van der Waals surface area contributed by atoms with Crippen LogP contribution in [-0.4, -0.2) is 13.4 Å². The Hall–Kier alpha value is -2.76. The maximum Gasteiger partial charge on any atom is 0.184 e. The van der Waals surface area contributed by atoms with Crippen molar-refractivity contribution in [3.8, 4) is 6.07 Å². The number of rotatable bonds is 6. The second kappa shape index (κ2) is 7.86. The molecular weight excluding hydrogens is 385 g/mol. The van der Waals surface area contributed by atoms with Crippen LogP contribution in [0.15, 0.2) is 58.3 Å². The van der Waals surface area contributed by atoms with Crippen molar-refractivity contribution in [2.24, 2.45) is 0 Å². The molecule has 0 amide bonds. The van der Waals surface area contributed by atoms with E-state index in [1.54, 1.807) is 36.0 Å². The fourth-order valence-electron chi connectivity index (χ4n) is 2.66. The van der Waals surface area contributed by atoms with Gasteiger partial charge in [0.1, 0.15) is 11.9 Å². The molecule has 0 aliphatic rings. The Morgan fingerprint density at radius 2 is 2.07 bits per heavy atom. The van der Waals surface area contributed by atoms with E-state index in [2.05, 4.69) is 10.3 Å². The van der Waals surface area contributed by atoms with Gasteiger partial charge in [-0.05, 0) is 31.2 Å². The summed E-state index contributed by atoms with van der Waals surface area (Å²) in [6.45, 7) is 1.77. The molecule has 1 heterocycles. The quantitative estimate of drug-likeness (QED) is 0.666. The fraction of sp³-hybridized carbons (Fsp3) is 0.158. The first-order valence-electron chi connectivity index (χ1n) is 8.05. The number of halogens is 1. The topological polar surface area (TPSA) is 82.8 Å². The molecular formula is C19H16FN3O2S2. The SMILES string of the molecule is C[C@H](Nc1ccc(S(=O)(=O)Cc2cscn2)cc1C#N)c1ccccc1F. The molecule has 3 rings (SSSR count). The summed E-state index contributed by atoms with van der Waals surface area (Å²) >= 11 is 1.32. The summed E-state index contributed by atoms with van der Waals surface area (Å²) in [7, 11) is -3.61. The van der Waals surface area contributed by atoms with Gasteiger partial charge in [0.15, 0.2) is 9.84 Å². The van der Waals surface area contributed by atoms with Crippen molar-refractivity contribution < 1.29 is 12.8 Å². The molecule has 0 radical (unpaired) electrons. The number of hydrogen-bond acceptors (Lipinski definition) is 6. The highest BCUT2D eigenvalue weighted by Crippen LogP contribution is 2.27. The van der Waals surface area contributed by atoms with Crippen LogP contribution in [-0.2, 0) is 15.6 Å². The number of nitrogens with one attached hydrogen (secondary N) is 1. The largest absolute Gasteiger partial charge is 0.377 e. The van der Waals surface area contributed by atoms with Gasteiger partial charge in [0.05, 0.1) is 39.1 Å². The van der Waals surface area contributed by atoms with Crippen LogP contribution >= 0.6 is 11.3 Å². The number of aromatic nitrogens is 1. The molecule has 1 N–H and O–H groups in total. The summed E-state index contributed by atoms with van der Waals surface area (Å²) in [6, 6.07) is 12.3. The Bertz CT molecular complexity index is 1090. The minimum atomic E-state index is -3.61. The standard InChI is InChI=1S/C19H16FN3O2S2/c1-13(17-4-2-3-5-18(17)20)23-19-7-6-16(8-14(19)9-21)27(24,25)11-15-10-26-12-22-15/h2-8,10,12-13,23H,11H2,1H3/t13-/m0/s1. The summed E-state index contributed by atoms with van der Waals surface area (Å²) in [4.78, 5) is 4.05. The summed E-state index contributed by atoms with van der Waals surface area (Å²) in [6.07, 6.45) is 0. The molecule has 5 nitrogen and oxygen atoms in total. The Balaban J connectivity index is 1.87. The Morgan fingerprint density at radius 1 is 1.30 bits per heavy atom. The molecule has 0 aliphatic heterocycles. The summed E-state index contributed by atoms with van der Waals surface area (Å²) < 4.78 is 39.0. The summed E-state index contributed by atoms with van der Waals surface area (Å²) in [5.41, 5.74) is 3.12. The summed E-state index contributed by atoms with van der Waals surface area (Å²) in [5.74, 6) is -0.571. The van der Waals surface area contributed by atoms with Crippen LogP contribution in [0.25, 0.3) is 0 Å². The smallest absolute Gasteiger partial charge is 0.184 e. The van der Waals surface area contributed by atoms with Gasteiger partial charge in [-0.2, -0.15) is 5.26 Å². The molecule has 27 heavy (non-hydrogen) atoms.